The maximum Gasteiger partial charge on any atom is 0.332 e. The van der Waals surface area contributed by atoms with Crippen molar-refractivity contribution < 1.29 is 18.4 Å². The number of rotatable bonds is 2. The standard InChI is InChI=1S/C22H17F2N5O2/c1-22(16-12-26-27-13-16)10-19(30)29(21(31)28(22)2)20-17(23)8-15(9-18(20)24)6-5-14-4-3-7-25-11-14/h3-4,7-9,11-13H,10H2,1-2H3,(H,26,27)/t22-/m0/s1. The highest BCUT2D eigenvalue weighted by Gasteiger charge is 2.48. The van der Waals surface area contributed by atoms with Crippen molar-refractivity contribution in [2.75, 3.05) is 11.9 Å². The third-order valence-electron chi connectivity index (χ3n) is 5.34. The molecule has 0 bridgehead atoms. The smallest absolute Gasteiger partial charge is 0.317 e. The van der Waals surface area contributed by atoms with E-state index in [0.29, 0.717) is 16.0 Å². The lowest BCUT2D eigenvalue weighted by Crippen LogP contribution is -2.60. The number of benzene rings is 1. The monoisotopic (exact) mass is 421 g/mol. The first-order valence-electron chi connectivity index (χ1n) is 9.32. The summed E-state index contributed by atoms with van der Waals surface area (Å²) in [5.41, 5.74) is -0.467. The van der Waals surface area contributed by atoms with Gasteiger partial charge >= 0.3 is 6.03 Å². The highest BCUT2D eigenvalue weighted by atomic mass is 19.1. The Kier molecular flexibility index (Phi) is 4.99. The third-order valence-corrected chi connectivity index (χ3v) is 5.34. The van der Waals surface area contributed by atoms with E-state index in [4.69, 9.17) is 0 Å². The first kappa shape index (κ1) is 20.2. The van der Waals surface area contributed by atoms with Gasteiger partial charge in [-0.25, -0.2) is 18.5 Å². The Morgan fingerprint density at radius 1 is 1.13 bits per heavy atom. The van der Waals surface area contributed by atoms with Crippen molar-refractivity contribution in [2.24, 2.45) is 0 Å². The van der Waals surface area contributed by atoms with E-state index in [9.17, 15) is 18.4 Å². The number of aromatic amines is 1. The summed E-state index contributed by atoms with van der Waals surface area (Å²) in [5, 5.41) is 6.50. The van der Waals surface area contributed by atoms with Crippen molar-refractivity contribution in [2.45, 2.75) is 18.9 Å². The molecule has 1 aromatic carbocycles. The van der Waals surface area contributed by atoms with Gasteiger partial charge in [0.15, 0.2) is 11.6 Å². The summed E-state index contributed by atoms with van der Waals surface area (Å²) in [6.07, 6.45) is 6.01. The van der Waals surface area contributed by atoms with Crippen LogP contribution in [0.2, 0.25) is 0 Å². The maximum atomic E-state index is 14.9. The van der Waals surface area contributed by atoms with Crippen LogP contribution >= 0.6 is 0 Å². The largest absolute Gasteiger partial charge is 0.332 e. The van der Waals surface area contributed by atoms with Crippen molar-refractivity contribution in [1.82, 2.24) is 20.1 Å². The topological polar surface area (TPSA) is 82.2 Å². The van der Waals surface area contributed by atoms with E-state index in [-0.39, 0.29) is 12.0 Å². The number of imide groups is 1. The average Bonchev–Trinajstić information content (AvgIpc) is 3.29. The molecule has 1 aliphatic rings. The molecule has 1 N–H and O–H groups in total. The summed E-state index contributed by atoms with van der Waals surface area (Å²) < 4.78 is 29.7. The molecule has 31 heavy (non-hydrogen) atoms. The van der Waals surface area contributed by atoms with E-state index >= 15 is 0 Å². The molecule has 4 rings (SSSR count). The number of urea groups is 1. The molecule has 2 aromatic heterocycles. The molecule has 0 aliphatic carbocycles. The van der Waals surface area contributed by atoms with Crippen LogP contribution in [0, 0.1) is 23.5 Å². The third kappa shape index (κ3) is 3.53. The number of nitrogens with one attached hydrogen (secondary N) is 1. The van der Waals surface area contributed by atoms with Gasteiger partial charge in [-0.3, -0.25) is 14.9 Å². The summed E-state index contributed by atoms with van der Waals surface area (Å²) in [6, 6.07) is 4.54. The van der Waals surface area contributed by atoms with E-state index in [0.717, 1.165) is 12.1 Å². The number of hydrogen-bond donors (Lipinski definition) is 1. The van der Waals surface area contributed by atoms with Gasteiger partial charge in [0.2, 0.25) is 5.91 Å². The Balaban J connectivity index is 1.68. The fraction of sp³-hybridized carbons (Fsp3) is 0.182. The Labute approximate surface area is 176 Å². The number of halogens is 2. The van der Waals surface area contributed by atoms with Gasteiger partial charge in [-0.2, -0.15) is 5.10 Å². The molecular formula is C22H17F2N5O2. The number of H-pyrrole nitrogens is 1. The van der Waals surface area contributed by atoms with Crippen molar-refractivity contribution >= 4 is 17.6 Å². The summed E-state index contributed by atoms with van der Waals surface area (Å²) >= 11 is 0. The summed E-state index contributed by atoms with van der Waals surface area (Å²) in [7, 11) is 1.47. The van der Waals surface area contributed by atoms with Crippen molar-refractivity contribution in [3.8, 4) is 11.8 Å². The molecule has 1 aliphatic heterocycles. The fourth-order valence-electron chi connectivity index (χ4n) is 3.45. The van der Waals surface area contributed by atoms with Crippen LogP contribution in [-0.2, 0) is 10.3 Å². The second-order valence-corrected chi connectivity index (χ2v) is 7.29. The zero-order chi connectivity index (χ0) is 22.2. The quantitative estimate of drug-likeness (QED) is 0.645. The predicted octanol–water partition coefficient (Wildman–Crippen LogP) is 3.19. The molecule has 1 saturated heterocycles. The SMILES string of the molecule is CN1C(=O)N(c2c(F)cc(C#Cc3cccnc3)cc2F)C(=O)C[C@@]1(C)c1cn[nH]c1. The van der Waals surface area contributed by atoms with Gasteiger partial charge in [0, 0.05) is 42.3 Å². The Morgan fingerprint density at radius 3 is 2.45 bits per heavy atom. The molecule has 1 atom stereocenters. The zero-order valence-corrected chi connectivity index (χ0v) is 16.7. The molecule has 0 radical (unpaired) electrons. The van der Waals surface area contributed by atoms with Crippen molar-refractivity contribution in [3.05, 3.63) is 77.4 Å². The van der Waals surface area contributed by atoms with Crippen molar-refractivity contribution in [3.63, 3.8) is 0 Å². The summed E-state index contributed by atoms with van der Waals surface area (Å²) in [6.45, 7) is 1.69. The highest BCUT2D eigenvalue weighted by molar-refractivity contribution is 6.16. The van der Waals surface area contributed by atoms with E-state index < -0.39 is 34.8 Å². The Hall–Kier alpha value is -4.06. The number of pyridine rings is 1. The number of nitrogens with zero attached hydrogens (tertiary/aromatic N) is 4. The summed E-state index contributed by atoms with van der Waals surface area (Å²) in [5.74, 6) is 2.57. The van der Waals surface area contributed by atoms with Crippen LogP contribution in [0.4, 0.5) is 19.3 Å². The van der Waals surface area contributed by atoms with Gasteiger partial charge in [-0.15, -0.1) is 0 Å². The number of aromatic nitrogens is 3. The van der Waals surface area contributed by atoms with Crippen LogP contribution in [0.25, 0.3) is 0 Å². The lowest BCUT2D eigenvalue weighted by atomic mass is 9.87. The van der Waals surface area contributed by atoms with Crippen LogP contribution in [-0.4, -0.2) is 39.1 Å². The first-order chi connectivity index (χ1) is 14.8. The van der Waals surface area contributed by atoms with Gasteiger partial charge in [0.25, 0.3) is 0 Å². The summed E-state index contributed by atoms with van der Waals surface area (Å²) in [4.78, 5) is 31.5. The predicted molar refractivity (Wildman–Crippen MR) is 108 cm³/mol. The van der Waals surface area contributed by atoms with Crippen LogP contribution in [0.5, 0.6) is 0 Å². The average molecular weight is 421 g/mol. The molecule has 3 aromatic rings. The van der Waals surface area contributed by atoms with Crippen LogP contribution in [0.15, 0.2) is 49.1 Å². The number of anilines is 1. The second kappa shape index (κ2) is 7.65. The molecular weight excluding hydrogens is 404 g/mol. The van der Waals surface area contributed by atoms with Crippen molar-refractivity contribution in [1.29, 1.82) is 0 Å². The van der Waals surface area contributed by atoms with E-state index in [1.54, 1.807) is 31.5 Å². The lowest BCUT2D eigenvalue weighted by molar-refractivity contribution is -0.122. The van der Waals surface area contributed by atoms with Gasteiger partial charge < -0.3 is 4.90 Å². The molecule has 0 saturated carbocycles. The molecule has 7 nitrogen and oxygen atoms in total. The molecule has 0 unspecified atom stereocenters. The molecule has 9 heteroatoms. The van der Waals surface area contributed by atoms with Crippen LogP contribution in [0.1, 0.15) is 30.0 Å². The highest BCUT2D eigenvalue weighted by Crippen LogP contribution is 2.38. The zero-order valence-electron chi connectivity index (χ0n) is 16.7. The van der Waals surface area contributed by atoms with Crippen LogP contribution < -0.4 is 4.90 Å². The first-order valence-corrected chi connectivity index (χ1v) is 9.32. The Bertz CT molecular complexity index is 1190. The van der Waals surface area contributed by atoms with E-state index in [1.807, 2.05) is 0 Å². The van der Waals surface area contributed by atoms with E-state index in [2.05, 4.69) is 27.0 Å². The minimum atomic E-state index is -1.06. The molecule has 1 fully saturated rings. The van der Waals surface area contributed by atoms with Crippen LogP contribution in [0.3, 0.4) is 0 Å². The van der Waals surface area contributed by atoms with Gasteiger partial charge in [0.1, 0.15) is 5.69 Å². The minimum Gasteiger partial charge on any atom is -0.317 e. The minimum absolute atomic E-state index is 0.0658. The second-order valence-electron chi connectivity index (χ2n) is 7.29. The van der Waals surface area contributed by atoms with E-state index in [1.165, 1.54) is 24.3 Å². The molecule has 3 heterocycles. The molecule has 3 amide bonds. The lowest BCUT2D eigenvalue weighted by Gasteiger charge is -2.45. The van der Waals surface area contributed by atoms with Gasteiger partial charge in [0.05, 0.1) is 18.2 Å². The fourth-order valence-corrected chi connectivity index (χ4v) is 3.45. The normalized spacial score (nSPS) is 18.7. The number of carbonyl (C=O) groups excluding carboxylic acids is 2. The number of hydrogen-bond acceptors (Lipinski definition) is 4. The number of carbonyl (C=O) groups is 2. The maximum absolute atomic E-state index is 14.9. The Morgan fingerprint density at radius 2 is 1.84 bits per heavy atom. The number of amides is 3. The van der Waals surface area contributed by atoms with Gasteiger partial charge in [-0.1, -0.05) is 11.8 Å². The molecule has 0 spiro atoms. The van der Waals surface area contributed by atoms with Gasteiger partial charge in [-0.05, 0) is 31.2 Å². The molecule has 156 valence electrons.